The molecule has 0 bridgehead atoms. The third-order valence-electron chi connectivity index (χ3n) is 3.63. The van der Waals surface area contributed by atoms with Gasteiger partial charge in [-0.1, -0.05) is 30.3 Å². The molecular formula is C17H18N2O2. The number of benzene rings is 1. The van der Waals surface area contributed by atoms with Gasteiger partial charge >= 0.3 is 0 Å². The van der Waals surface area contributed by atoms with Gasteiger partial charge in [-0.2, -0.15) is 0 Å². The van der Waals surface area contributed by atoms with Crippen LogP contribution in [-0.4, -0.2) is 23.6 Å². The number of pyridine rings is 1. The summed E-state index contributed by atoms with van der Waals surface area (Å²) in [6, 6.07) is 13.7. The highest BCUT2D eigenvalue weighted by Gasteiger charge is 2.29. The van der Waals surface area contributed by atoms with Crippen molar-refractivity contribution in [3.05, 3.63) is 60.4 Å². The number of hydrogen-bond acceptors (Lipinski definition) is 3. The van der Waals surface area contributed by atoms with Crippen LogP contribution >= 0.6 is 0 Å². The summed E-state index contributed by atoms with van der Waals surface area (Å²) in [6.45, 7) is 1.22. The Morgan fingerprint density at radius 2 is 1.95 bits per heavy atom. The van der Waals surface area contributed by atoms with E-state index in [2.05, 4.69) is 4.98 Å². The standard InChI is InChI=1S/C17H18N2O2/c20-17(16-7-4-12-21-16)19(15-8-10-18-11-9-15)13-14-5-2-1-3-6-14/h1-3,5-6,8-11,16H,4,7,12-13H2/t16-/m0/s1. The lowest BCUT2D eigenvalue weighted by Gasteiger charge is -2.25. The van der Waals surface area contributed by atoms with Crippen LogP contribution in [0.3, 0.4) is 0 Å². The van der Waals surface area contributed by atoms with Crippen LogP contribution in [0, 0.1) is 0 Å². The molecule has 21 heavy (non-hydrogen) atoms. The Morgan fingerprint density at radius 1 is 1.19 bits per heavy atom. The lowest BCUT2D eigenvalue weighted by molar-refractivity contribution is -0.127. The van der Waals surface area contributed by atoms with Gasteiger partial charge < -0.3 is 9.64 Å². The first kappa shape index (κ1) is 13.8. The molecule has 0 N–H and O–H groups in total. The molecule has 1 amide bonds. The number of nitrogens with zero attached hydrogens (tertiary/aromatic N) is 2. The van der Waals surface area contributed by atoms with Gasteiger partial charge in [-0.3, -0.25) is 9.78 Å². The molecule has 1 fully saturated rings. The molecule has 3 rings (SSSR count). The molecule has 0 spiro atoms. The van der Waals surface area contributed by atoms with E-state index in [4.69, 9.17) is 4.74 Å². The highest BCUT2D eigenvalue weighted by atomic mass is 16.5. The number of ether oxygens (including phenoxy) is 1. The average molecular weight is 282 g/mol. The van der Waals surface area contributed by atoms with Crippen molar-refractivity contribution in [2.45, 2.75) is 25.5 Å². The molecule has 1 saturated heterocycles. The van der Waals surface area contributed by atoms with Gasteiger partial charge in [0.2, 0.25) is 0 Å². The van der Waals surface area contributed by atoms with Crippen LogP contribution in [0.4, 0.5) is 5.69 Å². The number of amides is 1. The van der Waals surface area contributed by atoms with Gasteiger partial charge in [0.05, 0.1) is 6.54 Å². The Labute approximate surface area is 124 Å². The molecule has 4 heteroatoms. The van der Waals surface area contributed by atoms with Gasteiger partial charge in [-0.05, 0) is 30.5 Å². The quantitative estimate of drug-likeness (QED) is 0.866. The Hall–Kier alpha value is -2.20. The van der Waals surface area contributed by atoms with Crippen molar-refractivity contribution in [2.75, 3.05) is 11.5 Å². The first-order chi connectivity index (χ1) is 10.3. The Kier molecular flexibility index (Phi) is 4.26. The summed E-state index contributed by atoms with van der Waals surface area (Å²) in [7, 11) is 0. The molecule has 1 aliphatic rings. The van der Waals surface area contributed by atoms with Gasteiger partial charge in [-0.25, -0.2) is 0 Å². The van der Waals surface area contributed by atoms with E-state index >= 15 is 0 Å². The van der Waals surface area contributed by atoms with Crippen molar-refractivity contribution in [3.63, 3.8) is 0 Å². The van der Waals surface area contributed by atoms with E-state index in [0.29, 0.717) is 13.2 Å². The highest BCUT2D eigenvalue weighted by molar-refractivity contribution is 5.96. The summed E-state index contributed by atoms with van der Waals surface area (Å²) in [4.78, 5) is 18.5. The zero-order chi connectivity index (χ0) is 14.5. The highest BCUT2D eigenvalue weighted by Crippen LogP contribution is 2.22. The predicted molar refractivity (Wildman–Crippen MR) is 80.8 cm³/mol. The maximum absolute atomic E-state index is 12.7. The average Bonchev–Trinajstić information content (AvgIpc) is 3.08. The summed E-state index contributed by atoms with van der Waals surface area (Å²) in [6.07, 6.45) is 4.84. The summed E-state index contributed by atoms with van der Waals surface area (Å²) in [5.74, 6) is 0.0301. The van der Waals surface area contributed by atoms with Crippen molar-refractivity contribution in [3.8, 4) is 0 Å². The molecule has 4 nitrogen and oxygen atoms in total. The Balaban J connectivity index is 1.85. The number of carbonyl (C=O) groups excluding carboxylic acids is 1. The lowest BCUT2D eigenvalue weighted by atomic mass is 10.1. The van der Waals surface area contributed by atoms with Crippen LogP contribution in [-0.2, 0) is 16.1 Å². The van der Waals surface area contributed by atoms with Crippen molar-refractivity contribution in [2.24, 2.45) is 0 Å². The number of rotatable bonds is 4. The lowest BCUT2D eigenvalue weighted by Crippen LogP contribution is -2.38. The second-order valence-corrected chi connectivity index (χ2v) is 5.12. The molecule has 0 saturated carbocycles. The monoisotopic (exact) mass is 282 g/mol. The van der Waals surface area contributed by atoms with Crippen molar-refractivity contribution < 1.29 is 9.53 Å². The molecule has 1 aromatic heterocycles. The van der Waals surface area contributed by atoms with Crippen LogP contribution in [0.15, 0.2) is 54.9 Å². The fourth-order valence-corrected chi connectivity index (χ4v) is 2.53. The van der Waals surface area contributed by atoms with E-state index in [9.17, 15) is 4.79 Å². The molecule has 2 aromatic rings. The minimum Gasteiger partial charge on any atom is -0.368 e. The van der Waals surface area contributed by atoms with Crippen molar-refractivity contribution in [1.29, 1.82) is 0 Å². The van der Waals surface area contributed by atoms with Crippen LogP contribution in [0.5, 0.6) is 0 Å². The molecule has 0 aliphatic carbocycles. The third-order valence-corrected chi connectivity index (χ3v) is 3.63. The summed E-state index contributed by atoms with van der Waals surface area (Å²) < 4.78 is 5.55. The predicted octanol–water partition coefficient (Wildman–Crippen LogP) is 2.79. The first-order valence-corrected chi connectivity index (χ1v) is 7.21. The molecule has 1 aromatic carbocycles. The summed E-state index contributed by atoms with van der Waals surface area (Å²) in [5.41, 5.74) is 1.95. The van der Waals surface area contributed by atoms with Crippen LogP contribution in [0.1, 0.15) is 18.4 Å². The van der Waals surface area contributed by atoms with E-state index < -0.39 is 0 Å². The molecule has 0 unspecified atom stereocenters. The topological polar surface area (TPSA) is 42.4 Å². The molecule has 1 aliphatic heterocycles. The normalized spacial score (nSPS) is 17.6. The fourth-order valence-electron chi connectivity index (χ4n) is 2.53. The van der Waals surface area contributed by atoms with E-state index in [0.717, 1.165) is 24.1 Å². The number of anilines is 1. The Bertz CT molecular complexity index is 580. The second kappa shape index (κ2) is 6.50. The fraction of sp³-hybridized carbons (Fsp3) is 0.294. The maximum atomic E-state index is 12.7. The first-order valence-electron chi connectivity index (χ1n) is 7.21. The van der Waals surface area contributed by atoms with Crippen molar-refractivity contribution >= 4 is 11.6 Å². The molecule has 1 atom stereocenters. The van der Waals surface area contributed by atoms with Crippen LogP contribution in [0.25, 0.3) is 0 Å². The third kappa shape index (κ3) is 3.28. The molecule has 0 radical (unpaired) electrons. The number of carbonyl (C=O) groups is 1. The SMILES string of the molecule is O=C([C@@H]1CCCO1)N(Cc1ccccc1)c1ccncc1. The van der Waals surface area contributed by atoms with Gasteiger partial charge in [-0.15, -0.1) is 0 Å². The number of aromatic nitrogens is 1. The van der Waals surface area contributed by atoms with E-state index in [1.165, 1.54) is 0 Å². The van der Waals surface area contributed by atoms with Gasteiger partial charge in [0, 0.05) is 24.7 Å². The van der Waals surface area contributed by atoms with E-state index in [1.54, 1.807) is 17.3 Å². The van der Waals surface area contributed by atoms with Gasteiger partial charge in [0.1, 0.15) is 6.10 Å². The zero-order valence-electron chi connectivity index (χ0n) is 11.8. The zero-order valence-corrected chi connectivity index (χ0v) is 11.8. The molecular weight excluding hydrogens is 264 g/mol. The van der Waals surface area contributed by atoms with Crippen LogP contribution in [0.2, 0.25) is 0 Å². The van der Waals surface area contributed by atoms with Crippen molar-refractivity contribution in [1.82, 2.24) is 4.98 Å². The second-order valence-electron chi connectivity index (χ2n) is 5.12. The van der Waals surface area contributed by atoms with Gasteiger partial charge in [0.15, 0.2) is 0 Å². The smallest absolute Gasteiger partial charge is 0.256 e. The summed E-state index contributed by atoms with van der Waals surface area (Å²) in [5, 5.41) is 0. The minimum absolute atomic E-state index is 0.0301. The van der Waals surface area contributed by atoms with Gasteiger partial charge in [0.25, 0.3) is 5.91 Å². The Morgan fingerprint density at radius 3 is 2.62 bits per heavy atom. The number of hydrogen-bond donors (Lipinski definition) is 0. The molecule has 2 heterocycles. The largest absolute Gasteiger partial charge is 0.368 e. The molecule has 108 valence electrons. The van der Waals surface area contributed by atoms with E-state index in [-0.39, 0.29) is 12.0 Å². The van der Waals surface area contributed by atoms with E-state index in [1.807, 2.05) is 42.5 Å². The van der Waals surface area contributed by atoms with Crippen LogP contribution < -0.4 is 4.90 Å². The summed E-state index contributed by atoms with van der Waals surface area (Å²) >= 11 is 0. The maximum Gasteiger partial charge on any atom is 0.256 e. The minimum atomic E-state index is -0.318.